The van der Waals surface area contributed by atoms with Crippen LogP contribution in [0, 0.1) is 0 Å². The highest BCUT2D eigenvalue weighted by Crippen LogP contribution is 2.28. The summed E-state index contributed by atoms with van der Waals surface area (Å²) in [5.74, 6) is 0.654. The smallest absolute Gasteiger partial charge is 0.223 e. The van der Waals surface area contributed by atoms with Crippen LogP contribution in [0.4, 0.5) is 5.69 Å². The largest absolute Gasteiger partial charge is 0.478 e. The lowest BCUT2D eigenvalue weighted by molar-refractivity contribution is 0.0791. The van der Waals surface area contributed by atoms with Gasteiger partial charge in [0.05, 0.1) is 12.2 Å². The summed E-state index contributed by atoms with van der Waals surface area (Å²) >= 11 is 0. The Morgan fingerprint density at radius 2 is 2.28 bits per heavy atom. The number of para-hydroxylation sites is 2. The molecule has 0 amide bonds. The molecule has 0 fully saturated rings. The Morgan fingerprint density at radius 3 is 3.06 bits per heavy atom. The van der Waals surface area contributed by atoms with Gasteiger partial charge in [0.2, 0.25) is 5.78 Å². The number of rotatable bonds is 2. The van der Waals surface area contributed by atoms with Gasteiger partial charge in [-0.25, -0.2) is 0 Å². The number of carbonyl (C=O) groups is 1. The molecular weight excluding hydrogens is 230 g/mol. The van der Waals surface area contributed by atoms with Crippen molar-refractivity contribution < 1.29 is 9.53 Å². The van der Waals surface area contributed by atoms with E-state index >= 15 is 0 Å². The number of nitrogens with zero attached hydrogens (tertiary/aromatic N) is 2. The molecule has 1 aliphatic heterocycles. The van der Waals surface area contributed by atoms with Gasteiger partial charge < -0.3 is 10.1 Å². The van der Waals surface area contributed by atoms with Gasteiger partial charge in [0.1, 0.15) is 11.4 Å². The van der Waals surface area contributed by atoms with Crippen LogP contribution in [0.3, 0.4) is 0 Å². The molecular formula is C13H13N3O2. The van der Waals surface area contributed by atoms with Crippen molar-refractivity contribution >= 4 is 11.5 Å². The van der Waals surface area contributed by atoms with Crippen LogP contribution >= 0.6 is 0 Å². The maximum Gasteiger partial charge on any atom is 0.223 e. The van der Waals surface area contributed by atoms with Gasteiger partial charge in [-0.1, -0.05) is 12.1 Å². The summed E-state index contributed by atoms with van der Waals surface area (Å²) in [6.07, 6.45) is 1.10. The molecule has 0 bridgehead atoms. The maximum absolute atomic E-state index is 12.3. The Bertz CT molecular complexity index is 591. The van der Waals surface area contributed by atoms with Gasteiger partial charge in [0, 0.05) is 13.2 Å². The van der Waals surface area contributed by atoms with Gasteiger partial charge >= 0.3 is 0 Å². The van der Waals surface area contributed by atoms with E-state index < -0.39 is 6.10 Å². The van der Waals surface area contributed by atoms with E-state index in [0.29, 0.717) is 18.0 Å². The van der Waals surface area contributed by atoms with E-state index in [1.165, 1.54) is 0 Å². The molecule has 1 aliphatic rings. The van der Waals surface area contributed by atoms with Crippen molar-refractivity contribution in [1.29, 1.82) is 0 Å². The highest BCUT2D eigenvalue weighted by Gasteiger charge is 2.28. The number of carbonyl (C=O) groups excluding carboxylic acids is 1. The number of aryl methyl sites for hydroxylation is 1. The fourth-order valence-electron chi connectivity index (χ4n) is 2.04. The van der Waals surface area contributed by atoms with Crippen molar-refractivity contribution in [1.82, 2.24) is 9.78 Å². The van der Waals surface area contributed by atoms with Crippen LogP contribution in [0.1, 0.15) is 10.5 Å². The van der Waals surface area contributed by atoms with Crippen molar-refractivity contribution in [2.75, 3.05) is 11.9 Å². The summed E-state index contributed by atoms with van der Waals surface area (Å²) in [4.78, 5) is 12.3. The molecule has 0 spiro atoms. The average Bonchev–Trinajstić information content (AvgIpc) is 2.83. The van der Waals surface area contributed by atoms with E-state index in [4.69, 9.17) is 4.74 Å². The Labute approximate surface area is 104 Å². The summed E-state index contributed by atoms with van der Waals surface area (Å²) in [5.41, 5.74) is 1.48. The zero-order valence-electron chi connectivity index (χ0n) is 9.96. The molecule has 1 atom stereocenters. The summed E-state index contributed by atoms with van der Waals surface area (Å²) in [6.45, 7) is 0.473. The van der Waals surface area contributed by atoms with E-state index in [0.717, 1.165) is 5.69 Å². The first kappa shape index (κ1) is 10.8. The monoisotopic (exact) mass is 243 g/mol. The lowest BCUT2D eigenvalue weighted by atomic mass is 10.1. The van der Waals surface area contributed by atoms with Crippen molar-refractivity contribution in [2.24, 2.45) is 7.05 Å². The number of ether oxygens (including phenoxy) is 1. The van der Waals surface area contributed by atoms with Crippen LogP contribution < -0.4 is 10.1 Å². The topological polar surface area (TPSA) is 56.2 Å². The van der Waals surface area contributed by atoms with E-state index in [1.54, 1.807) is 24.0 Å². The van der Waals surface area contributed by atoms with Gasteiger partial charge in [-0.3, -0.25) is 9.48 Å². The normalized spacial score (nSPS) is 17.5. The minimum Gasteiger partial charge on any atom is -0.478 e. The van der Waals surface area contributed by atoms with E-state index in [9.17, 15) is 4.79 Å². The summed E-state index contributed by atoms with van der Waals surface area (Å²) in [6, 6.07) is 9.30. The fraction of sp³-hybridized carbons (Fsp3) is 0.231. The molecule has 1 unspecified atom stereocenters. The van der Waals surface area contributed by atoms with Gasteiger partial charge in [-0.2, -0.15) is 5.10 Å². The minimum atomic E-state index is -0.504. The number of hydrogen-bond acceptors (Lipinski definition) is 4. The second-order valence-electron chi connectivity index (χ2n) is 4.19. The first-order valence-corrected chi connectivity index (χ1v) is 5.77. The highest BCUT2D eigenvalue weighted by molar-refractivity contribution is 5.99. The van der Waals surface area contributed by atoms with Gasteiger partial charge in [0.25, 0.3) is 0 Å². The fourth-order valence-corrected chi connectivity index (χ4v) is 2.04. The van der Waals surface area contributed by atoms with E-state index in [-0.39, 0.29) is 5.78 Å². The Hall–Kier alpha value is -2.30. The number of aromatic nitrogens is 2. The zero-order valence-corrected chi connectivity index (χ0v) is 9.96. The molecule has 5 heteroatoms. The standard InChI is InChI=1S/C13H13N3O2/c1-16-10(6-7-15-16)13(17)12-8-14-9-4-2-3-5-11(9)18-12/h2-7,12,14H,8H2,1H3. The number of Topliss-reactive ketones (excluding diaryl/α,β-unsaturated/α-hetero) is 1. The quantitative estimate of drug-likeness (QED) is 0.812. The van der Waals surface area contributed by atoms with Crippen molar-refractivity contribution in [2.45, 2.75) is 6.10 Å². The molecule has 2 heterocycles. The van der Waals surface area contributed by atoms with Gasteiger partial charge in [-0.05, 0) is 18.2 Å². The van der Waals surface area contributed by atoms with Gasteiger partial charge in [0.15, 0.2) is 6.10 Å². The zero-order chi connectivity index (χ0) is 12.5. The first-order chi connectivity index (χ1) is 8.75. The third-order valence-electron chi connectivity index (χ3n) is 3.00. The third kappa shape index (κ3) is 1.73. The highest BCUT2D eigenvalue weighted by atomic mass is 16.5. The minimum absolute atomic E-state index is 0.0583. The van der Waals surface area contributed by atoms with Crippen molar-refractivity contribution in [3.8, 4) is 5.75 Å². The summed E-state index contributed by atoms with van der Waals surface area (Å²) < 4.78 is 7.28. The van der Waals surface area contributed by atoms with Crippen LogP contribution in [0.2, 0.25) is 0 Å². The number of fused-ring (bicyclic) bond motifs is 1. The Morgan fingerprint density at radius 1 is 1.44 bits per heavy atom. The molecule has 5 nitrogen and oxygen atoms in total. The van der Waals surface area contributed by atoms with Gasteiger partial charge in [-0.15, -0.1) is 0 Å². The Kier molecular flexibility index (Phi) is 2.51. The molecule has 1 aromatic heterocycles. The summed E-state index contributed by atoms with van der Waals surface area (Å²) in [7, 11) is 1.75. The SMILES string of the molecule is Cn1nccc1C(=O)C1CNc2ccccc2O1. The lowest BCUT2D eigenvalue weighted by Crippen LogP contribution is -2.38. The lowest BCUT2D eigenvalue weighted by Gasteiger charge is -2.26. The number of anilines is 1. The van der Waals surface area contributed by atoms with Crippen LogP contribution in [0.5, 0.6) is 5.75 Å². The molecule has 0 radical (unpaired) electrons. The molecule has 0 saturated heterocycles. The number of hydrogen-bond donors (Lipinski definition) is 1. The third-order valence-corrected chi connectivity index (χ3v) is 3.00. The first-order valence-electron chi connectivity index (χ1n) is 5.77. The van der Waals surface area contributed by atoms with Crippen molar-refractivity contribution in [3.63, 3.8) is 0 Å². The number of nitrogens with one attached hydrogen (secondary N) is 1. The average molecular weight is 243 g/mol. The molecule has 1 N–H and O–H groups in total. The molecule has 2 aromatic rings. The van der Waals surface area contributed by atoms with E-state index in [1.807, 2.05) is 24.3 Å². The number of ketones is 1. The van der Waals surface area contributed by atoms with Crippen LogP contribution in [0.25, 0.3) is 0 Å². The second-order valence-corrected chi connectivity index (χ2v) is 4.19. The number of benzene rings is 1. The molecule has 1 aromatic carbocycles. The van der Waals surface area contributed by atoms with Crippen LogP contribution in [-0.2, 0) is 7.05 Å². The predicted molar refractivity (Wildman–Crippen MR) is 66.9 cm³/mol. The van der Waals surface area contributed by atoms with Crippen LogP contribution in [0.15, 0.2) is 36.5 Å². The van der Waals surface area contributed by atoms with Crippen LogP contribution in [-0.4, -0.2) is 28.2 Å². The molecule has 0 aliphatic carbocycles. The molecule has 3 rings (SSSR count). The molecule has 0 saturated carbocycles. The molecule has 18 heavy (non-hydrogen) atoms. The van der Waals surface area contributed by atoms with Crippen molar-refractivity contribution in [3.05, 3.63) is 42.2 Å². The molecule has 92 valence electrons. The summed E-state index contributed by atoms with van der Waals surface area (Å²) in [5, 5.41) is 7.20. The maximum atomic E-state index is 12.3. The second kappa shape index (κ2) is 4.18. The predicted octanol–water partition coefficient (Wildman–Crippen LogP) is 1.48. The Balaban J connectivity index is 1.84. The van der Waals surface area contributed by atoms with E-state index in [2.05, 4.69) is 10.4 Å².